The Balaban J connectivity index is 1.27. The summed E-state index contributed by atoms with van der Waals surface area (Å²) in [7, 11) is -4.17. The highest BCUT2D eigenvalue weighted by atomic mass is 32.2. The smallest absolute Gasteiger partial charge is 0.344 e. The van der Waals surface area contributed by atoms with Crippen LogP contribution in [-0.2, 0) is 40.6 Å². The van der Waals surface area contributed by atoms with Crippen molar-refractivity contribution in [3.05, 3.63) is 53.3 Å². The number of sulfonamides is 1. The molecule has 0 aliphatic carbocycles. The van der Waals surface area contributed by atoms with Gasteiger partial charge in [0.05, 0.1) is 17.0 Å². The third-order valence-corrected chi connectivity index (χ3v) is 9.74. The lowest BCUT2D eigenvalue weighted by atomic mass is 10.0. The molecule has 1 aromatic heterocycles. The van der Waals surface area contributed by atoms with Crippen LogP contribution in [0.3, 0.4) is 0 Å². The number of halogens is 3. The van der Waals surface area contributed by atoms with Crippen molar-refractivity contribution in [2.24, 2.45) is 0 Å². The van der Waals surface area contributed by atoms with Gasteiger partial charge in [-0.25, -0.2) is 8.42 Å². The minimum Gasteiger partial charge on any atom is -0.344 e. The predicted octanol–water partition coefficient (Wildman–Crippen LogP) is 4.08. The first kappa shape index (κ1) is 26.2. The summed E-state index contributed by atoms with van der Waals surface area (Å²) >= 11 is 0. The van der Waals surface area contributed by atoms with Crippen LogP contribution >= 0.6 is 0 Å². The Bertz CT molecular complexity index is 1240. The van der Waals surface area contributed by atoms with Crippen LogP contribution in [0.2, 0.25) is 0 Å². The van der Waals surface area contributed by atoms with Crippen molar-refractivity contribution in [3.8, 4) is 0 Å². The molecule has 0 N–H and O–H groups in total. The van der Waals surface area contributed by atoms with E-state index in [9.17, 15) is 26.4 Å². The van der Waals surface area contributed by atoms with Crippen molar-refractivity contribution < 1.29 is 26.4 Å². The SMILES string of the molecule is O=C(CC1CCCCN1S(=O)(=O)c1cccc(C(F)(F)F)c1)N1CCn2c(CN3CCCC3)ccc2C1. The minimum absolute atomic E-state index is 0.0273. The summed E-state index contributed by atoms with van der Waals surface area (Å²) in [5.41, 5.74) is 1.33. The number of amides is 1. The zero-order valence-electron chi connectivity index (χ0n) is 20.8. The van der Waals surface area contributed by atoms with Gasteiger partial charge in [-0.1, -0.05) is 12.5 Å². The van der Waals surface area contributed by atoms with Gasteiger partial charge in [-0.15, -0.1) is 0 Å². The van der Waals surface area contributed by atoms with Gasteiger partial charge in [-0.3, -0.25) is 9.69 Å². The number of hydrogen-bond donors (Lipinski definition) is 0. The zero-order chi connectivity index (χ0) is 26.2. The maximum atomic E-state index is 13.4. The van der Waals surface area contributed by atoms with Gasteiger partial charge in [0.25, 0.3) is 0 Å². The number of hydrogen-bond acceptors (Lipinski definition) is 4. The number of rotatable bonds is 6. The van der Waals surface area contributed by atoms with Crippen molar-refractivity contribution in [1.82, 2.24) is 18.7 Å². The monoisotopic (exact) mass is 538 g/mol. The molecule has 11 heteroatoms. The molecule has 202 valence electrons. The van der Waals surface area contributed by atoms with E-state index >= 15 is 0 Å². The molecule has 5 rings (SSSR count). The number of piperidine rings is 1. The van der Waals surface area contributed by atoms with Crippen LogP contribution in [0.4, 0.5) is 13.2 Å². The summed E-state index contributed by atoms with van der Waals surface area (Å²) in [6.45, 7) is 5.08. The van der Waals surface area contributed by atoms with Gasteiger partial charge < -0.3 is 9.47 Å². The summed E-state index contributed by atoms with van der Waals surface area (Å²) in [5.74, 6) is -0.121. The van der Waals surface area contributed by atoms with Crippen molar-refractivity contribution in [2.75, 3.05) is 26.2 Å². The third kappa shape index (κ3) is 5.58. The van der Waals surface area contributed by atoms with E-state index in [1.165, 1.54) is 28.9 Å². The Kier molecular flexibility index (Phi) is 7.39. The summed E-state index contributed by atoms with van der Waals surface area (Å²) in [5, 5.41) is 0. The average molecular weight is 539 g/mol. The van der Waals surface area contributed by atoms with Crippen LogP contribution < -0.4 is 0 Å². The molecule has 0 spiro atoms. The molecule has 37 heavy (non-hydrogen) atoms. The molecule has 3 aliphatic heterocycles. The summed E-state index contributed by atoms with van der Waals surface area (Å²) < 4.78 is 69.9. The zero-order valence-corrected chi connectivity index (χ0v) is 21.6. The molecule has 1 aromatic carbocycles. The van der Waals surface area contributed by atoms with Gasteiger partial charge in [0, 0.05) is 50.0 Å². The second-order valence-corrected chi connectivity index (χ2v) is 12.2. The van der Waals surface area contributed by atoms with E-state index in [0.29, 0.717) is 38.5 Å². The van der Waals surface area contributed by atoms with Crippen molar-refractivity contribution in [2.45, 2.75) is 75.3 Å². The maximum Gasteiger partial charge on any atom is 0.416 e. The Morgan fingerprint density at radius 3 is 2.46 bits per heavy atom. The minimum atomic E-state index is -4.64. The first-order chi connectivity index (χ1) is 17.6. The fourth-order valence-electron chi connectivity index (χ4n) is 5.79. The van der Waals surface area contributed by atoms with Gasteiger partial charge in [0.2, 0.25) is 15.9 Å². The molecule has 1 amide bonds. The second kappa shape index (κ2) is 10.4. The first-order valence-electron chi connectivity index (χ1n) is 13.0. The molecular weight excluding hydrogens is 505 g/mol. The molecule has 2 fully saturated rings. The van der Waals surface area contributed by atoms with E-state index in [4.69, 9.17) is 0 Å². The highest BCUT2D eigenvalue weighted by Gasteiger charge is 2.38. The second-order valence-electron chi connectivity index (χ2n) is 10.3. The lowest BCUT2D eigenvalue weighted by Gasteiger charge is -2.36. The van der Waals surface area contributed by atoms with Crippen molar-refractivity contribution >= 4 is 15.9 Å². The third-order valence-electron chi connectivity index (χ3n) is 7.80. The average Bonchev–Trinajstić information content (AvgIpc) is 3.54. The lowest BCUT2D eigenvalue weighted by Crippen LogP contribution is -2.47. The molecule has 0 saturated carbocycles. The summed E-state index contributed by atoms with van der Waals surface area (Å²) in [6, 6.07) is 7.47. The van der Waals surface area contributed by atoms with E-state index in [1.54, 1.807) is 4.90 Å². The summed E-state index contributed by atoms with van der Waals surface area (Å²) in [4.78, 5) is 17.1. The van der Waals surface area contributed by atoms with Gasteiger partial charge in [-0.2, -0.15) is 17.5 Å². The van der Waals surface area contributed by atoms with Crippen LogP contribution in [0.25, 0.3) is 0 Å². The fraction of sp³-hybridized carbons (Fsp3) is 0.577. The Morgan fingerprint density at radius 1 is 0.946 bits per heavy atom. The van der Waals surface area contributed by atoms with Crippen molar-refractivity contribution in [1.29, 1.82) is 0 Å². The highest BCUT2D eigenvalue weighted by molar-refractivity contribution is 7.89. The molecule has 0 bridgehead atoms. The van der Waals surface area contributed by atoms with Gasteiger partial charge >= 0.3 is 6.18 Å². The quantitative estimate of drug-likeness (QED) is 0.556. The number of alkyl halides is 3. The molecule has 1 atom stereocenters. The normalized spacial score (nSPS) is 21.8. The number of fused-ring (bicyclic) bond motifs is 1. The summed E-state index contributed by atoms with van der Waals surface area (Å²) in [6.07, 6.45) is -0.249. The van der Waals surface area contributed by atoms with Crippen LogP contribution in [0.5, 0.6) is 0 Å². The molecule has 7 nitrogen and oxygen atoms in total. The maximum absolute atomic E-state index is 13.4. The highest BCUT2D eigenvalue weighted by Crippen LogP contribution is 2.33. The van der Waals surface area contributed by atoms with Crippen LogP contribution in [0.15, 0.2) is 41.3 Å². The fourth-order valence-corrected chi connectivity index (χ4v) is 7.53. The number of carbonyl (C=O) groups excluding carboxylic acids is 1. The Morgan fingerprint density at radius 2 is 1.70 bits per heavy atom. The van der Waals surface area contributed by atoms with Crippen LogP contribution in [0, 0.1) is 0 Å². The Labute approximate surface area is 215 Å². The molecule has 2 saturated heterocycles. The number of nitrogens with zero attached hydrogens (tertiary/aromatic N) is 4. The van der Waals surface area contributed by atoms with E-state index in [0.717, 1.165) is 43.9 Å². The van der Waals surface area contributed by atoms with Crippen LogP contribution in [0.1, 0.15) is 55.5 Å². The van der Waals surface area contributed by atoms with E-state index in [1.807, 2.05) is 0 Å². The standard InChI is InChI=1S/C26H33F3N4O3S/c27-26(28,29)20-6-5-8-24(16-20)37(35,36)33-13-2-1-7-21(33)17-25(34)31-14-15-32-22(9-10-23(32)19-31)18-30-11-3-4-12-30/h5-6,8-10,16,21H,1-4,7,11-15,17-19H2. The van der Waals surface area contributed by atoms with Crippen LogP contribution in [-0.4, -0.2) is 65.2 Å². The number of aromatic nitrogens is 1. The largest absolute Gasteiger partial charge is 0.416 e. The first-order valence-corrected chi connectivity index (χ1v) is 14.4. The molecule has 0 radical (unpaired) electrons. The number of benzene rings is 1. The van der Waals surface area contributed by atoms with E-state index in [2.05, 4.69) is 21.6 Å². The number of carbonyl (C=O) groups is 1. The van der Waals surface area contributed by atoms with Crippen molar-refractivity contribution in [3.63, 3.8) is 0 Å². The van der Waals surface area contributed by atoms with Gasteiger partial charge in [0.15, 0.2) is 0 Å². The Hall–Kier alpha value is -2.37. The molecule has 4 heterocycles. The van der Waals surface area contributed by atoms with Gasteiger partial charge in [-0.05, 0) is 69.1 Å². The number of likely N-dealkylation sites (tertiary alicyclic amines) is 1. The van der Waals surface area contributed by atoms with Gasteiger partial charge in [0.1, 0.15) is 0 Å². The topological polar surface area (TPSA) is 65.9 Å². The molecule has 3 aliphatic rings. The van der Waals surface area contributed by atoms with E-state index < -0.39 is 27.8 Å². The molecular formula is C26H33F3N4O3S. The predicted molar refractivity (Wildman–Crippen MR) is 132 cm³/mol. The molecule has 2 aromatic rings. The van der Waals surface area contributed by atoms with E-state index in [-0.39, 0.29) is 23.8 Å². The molecule has 1 unspecified atom stereocenters. The lowest BCUT2D eigenvalue weighted by molar-refractivity contribution is -0.137.